The van der Waals surface area contributed by atoms with Crippen molar-refractivity contribution in [3.05, 3.63) is 64.7 Å². The molecule has 0 spiro atoms. The fourth-order valence-electron chi connectivity index (χ4n) is 2.66. The molecule has 1 heterocycles. The molecule has 18 heavy (non-hydrogen) atoms. The zero-order valence-corrected chi connectivity index (χ0v) is 11.8. The van der Waals surface area contributed by atoms with E-state index in [0.29, 0.717) is 5.92 Å². The SMILES string of the molecule is Cc1ccc(C2CCSc3ccc(C)cc32)cc1. The van der Waals surface area contributed by atoms with Crippen LogP contribution in [0, 0.1) is 13.8 Å². The van der Waals surface area contributed by atoms with E-state index in [4.69, 9.17) is 0 Å². The second-order valence-corrected chi connectivity index (χ2v) is 6.28. The number of hydrogen-bond acceptors (Lipinski definition) is 1. The Balaban J connectivity index is 2.05. The summed E-state index contributed by atoms with van der Waals surface area (Å²) in [6.07, 6.45) is 1.25. The van der Waals surface area contributed by atoms with Gasteiger partial charge in [-0.15, -0.1) is 11.8 Å². The van der Waals surface area contributed by atoms with Crippen LogP contribution in [0.15, 0.2) is 47.4 Å². The third-order valence-electron chi connectivity index (χ3n) is 3.68. The van der Waals surface area contributed by atoms with Crippen molar-refractivity contribution in [2.45, 2.75) is 31.1 Å². The molecule has 0 saturated heterocycles. The van der Waals surface area contributed by atoms with Crippen molar-refractivity contribution < 1.29 is 0 Å². The van der Waals surface area contributed by atoms with Crippen molar-refractivity contribution in [1.29, 1.82) is 0 Å². The Morgan fingerprint density at radius 3 is 2.44 bits per heavy atom. The summed E-state index contributed by atoms with van der Waals surface area (Å²) in [4.78, 5) is 1.47. The van der Waals surface area contributed by atoms with Gasteiger partial charge in [0.2, 0.25) is 0 Å². The van der Waals surface area contributed by atoms with Crippen LogP contribution in [0.4, 0.5) is 0 Å². The minimum atomic E-state index is 0.585. The average Bonchev–Trinajstić information content (AvgIpc) is 2.39. The van der Waals surface area contributed by atoms with Crippen LogP contribution in [0.1, 0.15) is 34.6 Å². The highest BCUT2D eigenvalue weighted by Gasteiger charge is 2.22. The monoisotopic (exact) mass is 254 g/mol. The van der Waals surface area contributed by atoms with Crippen molar-refractivity contribution in [3.8, 4) is 0 Å². The van der Waals surface area contributed by atoms with Gasteiger partial charge in [-0.3, -0.25) is 0 Å². The van der Waals surface area contributed by atoms with E-state index in [1.807, 2.05) is 11.8 Å². The molecule has 92 valence electrons. The highest BCUT2D eigenvalue weighted by atomic mass is 32.2. The number of fused-ring (bicyclic) bond motifs is 1. The molecular weight excluding hydrogens is 236 g/mol. The molecule has 0 radical (unpaired) electrons. The first-order valence-electron chi connectivity index (χ1n) is 6.54. The molecule has 0 N–H and O–H groups in total. The van der Waals surface area contributed by atoms with Crippen molar-refractivity contribution in [1.82, 2.24) is 0 Å². The summed E-state index contributed by atoms with van der Waals surface area (Å²) in [5.74, 6) is 1.82. The maximum Gasteiger partial charge on any atom is 0.0110 e. The predicted octanol–water partition coefficient (Wildman–Crippen LogP) is 4.93. The van der Waals surface area contributed by atoms with Crippen LogP contribution in [0.3, 0.4) is 0 Å². The molecule has 1 unspecified atom stereocenters. The minimum Gasteiger partial charge on any atom is -0.126 e. The van der Waals surface area contributed by atoms with Crippen LogP contribution in [0.25, 0.3) is 0 Å². The zero-order chi connectivity index (χ0) is 12.5. The van der Waals surface area contributed by atoms with Gasteiger partial charge in [-0.25, -0.2) is 0 Å². The van der Waals surface area contributed by atoms with Gasteiger partial charge in [-0.1, -0.05) is 47.5 Å². The molecule has 0 amide bonds. The Kier molecular flexibility index (Phi) is 3.17. The molecule has 0 nitrogen and oxygen atoms in total. The van der Waals surface area contributed by atoms with Crippen molar-refractivity contribution in [2.75, 3.05) is 5.75 Å². The molecular formula is C17H18S. The summed E-state index contributed by atoms with van der Waals surface area (Å²) in [5, 5.41) is 0. The molecule has 0 bridgehead atoms. The van der Waals surface area contributed by atoms with Crippen molar-refractivity contribution in [3.63, 3.8) is 0 Å². The van der Waals surface area contributed by atoms with E-state index in [1.165, 1.54) is 39.3 Å². The summed E-state index contributed by atoms with van der Waals surface area (Å²) in [5.41, 5.74) is 5.70. The summed E-state index contributed by atoms with van der Waals surface area (Å²) in [6.45, 7) is 4.34. The first kappa shape index (κ1) is 11.9. The van der Waals surface area contributed by atoms with E-state index in [9.17, 15) is 0 Å². The largest absolute Gasteiger partial charge is 0.126 e. The van der Waals surface area contributed by atoms with Gasteiger partial charge < -0.3 is 0 Å². The molecule has 1 aliphatic rings. The van der Waals surface area contributed by atoms with Gasteiger partial charge in [-0.2, -0.15) is 0 Å². The molecule has 1 aliphatic heterocycles. The number of thioether (sulfide) groups is 1. The summed E-state index contributed by atoms with van der Waals surface area (Å²) in [7, 11) is 0. The van der Waals surface area contributed by atoms with Gasteiger partial charge in [-0.05, 0) is 43.2 Å². The van der Waals surface area contributed by atoms with Gasteiger partial charge in [0, 0.05) is 10.8 Å². The molecule has 0 aliphatic carbocycles. The summed E-state index contributed by atoms with van der Waals surface area (Å²) < 4.78 is 0. The maximum atomic E-state index is 2.37. The van der Waals surface area contributed by atoms with E-state index in [-0.39, 0.29) is 0 Å². The Morgan fingerprint density at radius 1 is 0.944 bits per heavy atom. The third kappa shape index (κ3) is 2.20. The van der Waals surface area contributed by atoms with Gasteiger partial charge in [0.05, 0.1) is 0 Å². The Hall–Kier alpha value is -1.21. The Bertz CT molecular complexity index is 554. The van der Waals surface area contributed by atoms with E-state index < -0.39 is 0 Å². The molecule has 0 aromatic heterocycles. The second kappa shape index (κ2) is 4.81. The number of benzene rings is 2. The molecule has 3 rings (SSSR count). The first-order valence-corrected chi connectivity index (χ1v) is 7.52. The van der Waals surface area contributed by atoms with Gasteiger partial charge in [0.1, 0.15) is 0 Å². The fraction of sp³-hybridized carbons (Fsp3) is 0.294. The van der Waals surface area contributed by atoms with Crippen LogP contribution in [-0.4, -0.2) is 5.75 Å². The number of aryl methyl sites for hydroxylation is 2. The normalized spacial score (nSPS) is 18.4. The van der Waals surface area contributed by atoms with Crippen LogP contribution >= 0.6 is 11.8 Å². The molecule has 0 fully saturated rings. The van der Waals surface area contributed by atoms with Crippen molar-refractivity contribution in [2.24, 2.45) is 0 Å². The van der Waals surface area contributed by atoms with E-state index in [2.05, 4.69) is 56.3 Å². The fourth-order valence-corrected chi connectivity index (χ4v) is 3.76. The molecule has 1 heteroatoms. The molecule has 0 saturated carbocycles. The standard InChI is InChI=1S/C17H18S/c1-12-3-6-14(7-4-12)15-9-10-18-17-8-5-13(2)11-16(15)17/h3-8,11,15H,9-10H2,1-2H3. The average molecular weight is 254 g/mol. The lowest BCUT2D eigenvalue weighted by molar-refractivity contribution is 0.753. The van der Waals surface area contributed by atoms with E-state index >= 15 is 0 Å². The van der Waals surface area contributed by atoms with Gasteiger partial charge in [0.25, 0.3) is 0 Å². The lowest BCUT2D eigenvalue weighted by Gasteiger charge is -2.26. The number of hydrogen-bond donors (Lipinski definition) is 0. The van der Waals surface area contributed by atoms with E-state index in [0.717, 1.165) is 0 Å². The van der Waals surface area contributed by atoms with Gasteiger partial charge in [0.15, 0.2) is 0 Å². The van der Waals surface area contributed by atoms with Crippen LogP contribution < -0.4 is 0 Å². The first-order chi connectivity index (χ1) is 8.74. The van der Waals surface area contributed by atoms with Crippen molar-refractivity contribution >= 4 is 11.8 Å². The third-order valence-corrected chi connectivity index (χ3v) is 4.81. The summed E-state index contributed by atoms with van der Waals surface area (Å²) in [6, 6.07) is 15.9. The maximum absolute atomic E-state index is 2.37. The smallest absolute Gasteiger partial charge is 0.0110 e. The molecule has 1 atom stereocenters. The van der Waals surface area contributed by atoms with Crippen LogP contribution in [0.2, 0.25) is 0 Å². The lowest BCUT2D eigenvalue weighted by atomic mass is 9.87. The predicted molar refractivity (Wildman–Crippen MR) is 79.5 cm³/mol. The van der Waals surface area contributed by atoms with Gasteiger partial charge >= 0.3 is 0 Å². The summed E-state index contributed by atoms with van der Waals surface area (Å²) >= 11 is 2.00. The number of rotatable bonds is 1. The van der Waals surface area contributed by atoms with Crippen LogP contribution in [0.5, 0.6) is 0 Å². The minimum absolute atomic E-state index is 0.585. The second-order valence-electron chi connectivity index (χ2n) is 5.14. The topological polar surface area (TPSA) is 0 Å². The van der Waals surface area contributed by atoms with E-state index in [1.54, 1.807) is 0 Å². The molecule has 2 aromatic carbocycles. The quantitative estimate of drug-likeness (QED) is 0.695. The highest BCUT2D eigenvalue weighted by molar-refractivity contribution is 7.99. The Morgan fingerprint density at radius 2 is 1.67 bits per heavy atom. The van der Waals surface area contributed by atoms with Crippen LogP contribution in [-0.2, 0) is 0 Å². The lowest BCUT2D eigenvalue weighted by Crippen LogP contribution is -2.09. The Labute approximate surface area is 113 Å². The highest BCUT2D eigenvalue weighted by Crippen LogP contribution is 2.41. The zero-order valence-electron chi connectivity index (χ0n) is 10.9. The molecule has 2 aromatic rings.